The third kappa shape index (κ3) is 2.64. The summed E-state index contributed by atoms with van der Waals surface area (Å²) in [6.45, 7) is 7.51. The maximum absolute atomic E-state index is 4.98. The van der Waals surface area contributed by atoms with E-state index >= 15 is 0 Å². The second kappa shape index (κ2) is 5.42. The van der Waals surface area contributed by atoms with Gasteiger partial charge in [-0.05, 0) is 31.6 Å². The van der Waals surface area contributed by atoms with E-state index in [1.54, 1.807) is 6.92 Å². The molecule has 1 aromatic heterocycles. The van der Waals surface area contributed by atoms with Crippen molar-refractivity contribution in [1.82, 2.24) is 20.4 Å². The molecule has 0 amide bonds. The minimum absolute atomic E-state index is 0.475. The SMILES string of the molecule is CCNC(=NCc1noc(C)n1)N1CCC2(CCC2)C1. The van der Waals surface area contributed by atoms with E-state index in [2.05, 4.69) is 32.3 Å². The zero-order valence-electron chi connectivity index (χ0n) is 12.4. The summed E-state index contributed by atoms with van der Waals surface area (Å²) in [7, 11) is 0. The molecule has 0 unspecified atom stereocenters. The Bertz CT molecular complexity index is 492. The first kappa shape index (κ1) is 13.4. The number of rotatable bonds is 3. The Morgan fingerprint density at radius 3 is 2.85 bits per heavy atom. The third-order valence-electron chi connectivity index (χ3n) is 4.43. The molecule has 1 aliphatic carbocycles. The molecule has 3 rings (SSSR count). The normalized spacial score (nSPS) is 21.3. The summed E-state index contributed by atoms with van der Waals surface area (Å²) >= 11 is 0. The topological polar surface area (TPSA) is 66.5 Å². The summed E-state index contributed by atoms with van der Waals surface area (Å²) in [5.74, 6) is 2.23. The lowest BCUT2D eigenvalue weighted by molar-refractivity contribution is 0.151. The van der Waals surface area contributed by atoms with Crippen LogP contribution in [0.3, 0.4) is 0 Å². The summed E-state index contributed by atoms with van der Waals surface area (Å²) in [6, 6.07) is 0. The Morgan fingerprint density at radius 2 is 2.30 bits per heavy atom. The number of likely N-dealkylation sites (tertiary alicyclic amines) is 1. The van der Waals surface area contributed by atoms with Gasteiger partial charge in [-0.3, -0.25) is 0 Å². The molecular weight excluding hydrogens is 254 g/mol. The number of hydrogen-bond acceptors (Lipinski definition) is 4. The van der Waals surface area contributed by atoms with Gasteiger partial charge in [0.1, 0.15) is 6.54 Å². The molecule has 0 bridgehead atoms. The van der Waals surface area contributed by atoms with Gasteiger partial charge >= 0.3 is 0 Å². The van der Waals surface area contributed by atoms with Crippen molar-refractivity contribution in [2.45, 2.75) is 46.1 Å². The van der Waals surface area contributed by atoms with Gasteiger partial charge in [0.05, 0.1) is 0 Å². The molecule has 1 saturated heterocycles. The largest absolute Gasteiger partial charge is 0.357 e. The minimum atomic E-state index is 0.475. The zero-order valence-corrected chi connectivity index (χ0v) is 12.4. The van der Waals surface area contributed by atoms with E-state index in [0.717, 1.165) is 25.6 Å². The van der Waals surface area contributed by atoms with Gasteiger partial charge in [-0.2, -0.15) is 4.98 Å². The zero-order chi connectivity index (χ0) is 14.0. The van der Waals surface area contributed by atoms with Crippen LogP contribution in [0.5, 0.6) is 0 Å². The number of nitrogens with one attached hydrogen (secondary N) is 1. The molecule has 2 fully saturated rings. The highest BCUT2D eigenvalue weighted by Gasteiger charge is 2.43. The molecule has 1 aromatic rings. The van der Waals surface area contributed by atoms with Crippen molar-refractivity contribution in [3.63, 3.8) is 0 Å². The Kier molecular flexibility index (Phi) is 3.63. The van der Waals surface area contributed by atoms with Crippen LogP contribution in [0.15, 0.2) is 9.52 Å². The van der Waals surface area contributed by atoms with Crippen molar-refractivity contribution >= 4 is 5.96 Å². The Morgan fingerprint density at radius 1 is 1.45 bits per heavy atom. The second-order valence-corrected chi connectivity index (χ2v) is 5.92. The molecule has 0 atom stereocenters. The Balaban J connectivity index is 1.65. The highest BCUT2D eigenvalue weighted by molar-refractivity contribution is 5.80. The molecule has 1 N–H and O–H groups in total. The van der Waals surface area contributed by atoms with E-state index in [0.29, 0.717) is 23.7 Å². The average Bonchev–Trinajstić information content (AvgIpc) is 3.00. The van der Waals surface area contributed by atoms with Crippen LogP contribution in [0.4, 0.5) is 0 Å². The van der Waals surface area contributed by atoms with Crippen molar-refractivity contribution in [1.29, 1.82) is 0 Å². The van der Waals surface area contributed by atoms with Crippen LogP contribution >= 0.6 is 0 Å². The predicted octanol–water partition coefficient (Wildman–Crippen LogP) is 1.72. The molecule has 20 heavy (non-hydrogen) atoms. The number of guanidine groups is 1. The van der Waals surface area contributed by atoms with Crippen molar-refractivity contribution < 1.29 is 4.52 Å². The highest BCUT2D eigenvalue weighted by Crippen LogP contribution is 2.47. The molecule has 2 aliphatic rings. The molecule has 1 saturated carbocycles. The molecule has 1 aliphatic heterocycles. The van der Waals surface area contributed by atoms with E-state index < -0.39 is 0 Å². The summed E-state index contributed by atoms with van der Waals surface area (Å²) in [5, 5.41) is 7.27. The number of aliphatic imine (C=N–C) groups is 1. The lowest BCUT2D eigenvalue weighted by Gasteiger charge is -2.38. The van der Waals surface area contributed by atoms with E-state index in [1.807, 2.05) is 0 Å². The van der Waals surface area contributed by atoms with E-state index in [1.165, 1.54) is 25.7 Å². The fourth-order valence-corrected chi connectivity index (χ4v) is 3.18. The van der Waals surface area contributed by atoms with Crippen LogP contribution in [-0.2, 0) is 6.54 Å². The van der Waals surface area contributed by atoms with Crippen molar-refractivity contribution in [3.8, 4) is 0 Å². The van der Waals surface area contributed by atoms with E-state index in [4.69, 9.17) is 4.52 Å². The maximum Gasteiger partial charge on any atom is 0.223 e. The van der Waals surface area contributed by atoms with Gasteiger partial charge in [0.15, 0.2) is 11.8 Å². The maximum atomic E-state index is 4.98. The van der Waals surface area contributed by atoms with Gasteiger partial charge in [0.2, 0.25) is 5.89 Å². The Hall–Kier alpha value is -1.59. The van der Waals surface area contributed by atoms with Crippen LogP contribution in [0, 0.1) is 12.3 Å². The predicted molar refractivity (Wildman–Crippen MR) is 76.3 cm³/mol. The molecule has 0 radical (unpaired) electrons. The molecule has 2 heterocycles. The average molecular weight is 277 g/mol. The smallest absolute Gasteiger partial charge is 0.223 e. The fourth-order valence-electron chi connectivity index (χ4n) is 3.18. The second-order valence-electron chi connectivity index (χ2n) is 5.92. The summed E-state index contributed by atoms with van der Waals surface area (Å²) in [4.78, 5) is 11.2. The van der Waals surface area contributed by atoms with Gasteiger partial charge in [-0.1, -0.05) is 11.6 Å². The Labute approximate surface area is 119 Å². The fraction of sp³-hybridized carbons (Fsp3) is 0.786. The standard InChI is InChI=1S/C14H23N5O/c1-3-15-13(16-9-12-17-11(2)20-18-12)19-8-7-14(10-19)5-4-6-14/h3-10H2,1-2H3,(H,15,16). The van der Waals surface area contributed by atoms with Gasteiger partial charge in [0.25, 0.3) is 0 Å². The molecule has 6 heteroatoms. The van der Waals surface area contributed by atoms with Gasteiger partial charge in [-0.15, -0.1) is 0 Å². The molecule has 6 nitrogen and oxygen atoms in total. The van der Waals surface area contributed by atoms with Crippen molar-refractivity contribution in [2.75, 3.05) is 19.6 Å². The minimum Gasteiger partial charge on any atom is -0.357 e. The molecule has 1 spiro atoms. The monoisotopic (exact) mass is 277 g/mol. The first-order valence-corrected chi connectivity index (χ1v) is 7.53. The van der Waals surface area contributed by atoms with E-state index in [-0.39, 0.29) is 0 Å². The lowest BCUT2D eigenvalue weighted by Crippen LogP contribution is -2.42. The van der Waals surface area contributed by atoms with E-state index in [9.17, 15) is 0 Å². The van der Waals surface area contributed by atoms with Crippen LogP contribution in [0.25, 0.3) is 0 Å². The lowest BCUT2D eigenvalue weighted by atomic mass is 9.68. The van der Waals surface area contributed by atoms with Crippen LogP contribution < -0.4 is 5.32 Å². The molecule has 0 aromatic carbocycles. The van der Waals surface area contributed by atoms with Gasteiger partial charge < -0.3 is 14.7 Å². The van der Waals surface area contributed by atoms with Crippen LogP contribution in [0.1, 0.15) is 44.3 Å². The highest BCUT2D eigenvalue weighted by atomic mass is 16.5. The summed E-state index contributed by atoms with van der Waals surface area (Å²) < 4.78 is 4.98. The van der Waals surface area contributed by atoms with Gasteiger partial charge in [0, 0.05) is 26.6 Å². The number of nitrogens with zero attached hydrogens (tertiary/aromatic N) is 4. The summed E-state index contributed by atoms with van der Waals surface area (Å²) in [5.41, 5.74) is 0.582. The van der Waals surface area contributed by atoms with Crippen molar-refractivity contribution in [3.05, 3.63) is 11.7 Å². The van der Waals surface area contributed by atoms with Crippen LogP contribution in [-0.4, -0.2) is 40.6 Å². The molecular formula is C14H23N5O. The summed E-state index contributed by atoms with van der Waals surface area (Å²) in [6.07, 6.45) is 5.46. The van der Waals surface area contributed by atoms with Crippen LogP contribution in [0.2, 0.25) is 0 Å². The first-order valence-electron chi connectivity index (χ1n) is 7.53. The first-order chi connectivity index (χ1) is 9.71. The quantitative estimate of drug-likeness (QED) is 0.673. The number of hydrogen-bond donors (Lipinski definition) is 1. The number of aryl methyl sites for hydroxylation is 1. The molecule has 110 valence electrons. The van der Waals surface area contributed by atoms with Gasteiger partial charge in [-0.25, -0.2) is 4.99 Å². The number of aromatic nitrogens is 2. The van der Waals surface area contributed by atoms with Crippen molar-refractivity contribution in [2.24, 2.45) is 10.4 Å². The third-order valence-corrected chi connectivity index (χ3v) is 4.43.